The summed E-state index contributed by atoms with van der Waals surface area (Å²) in [6, 6.07) is 21.9. The summed E-state index contributed by atoms with van der Waals surface area (Å²) in [5.41, 5.74) is 2.20. The van der Waals surface area contributed by atoms with Crippen molar-refractivity contribution in [2.75, 3.05) is 13.1 Å². The Morgan fingerprint density at radius 2 is 1.48 bits per heavy atom. The lowest BCUT2D eigenvalue weighted by Crippen LogP contribution is -2.52. The summed E-state index contributed by atoms with van der Waals surface area (Å²) < 4.78 is 28.9. The van der Waals surface area contributed by atoms with Gasteiger partial charge < -0.3 is 15.3 Å². The van der Waals surface area contributed by atoms with Gasteiger partial charge in [0.25, 0.3) is 0 Å². The van der Waals surface area contributed by atoms with Gasteiger partial charge in [0.15, 0.2) is 6.04 Å². The van der Waals surface area contributed by atoms with Crippen molar-refractivity contribution in [3.63, 3.8) is 0 Å². The molecule has 40 heavy (non-hydrogen) atoms. The van der Waals surface area contributed by atoms with E-state index in [0.29, 0.717) is 18.4 Å². The van der Waals surface area contributed by atoms with E-state index in [-0.39, 0.29) is 36.2 Å². The smallest absolute Gasteiger partial charge is 0.330 e. The minimum atomic E-state index is -3.97. The lowest BCUT2D eigenvalue weighted by Gasteiger charge is -2.34. The molecule has 3 aromatic rings. The van der Waals surface area contributed by atoms with Crippen molar-refractivity contribution in [2.24, 2.45) is 5.92 Å². The van der Waals surface area contributed by atoms with Gasteiger partial charge in [-0.15, -0.1) is 0 Å². The summed E-state index contributed by atoms with van der Waals surface area (Å²) >= 11 is 0. The number of hydrogen-bond donors (Lipinski definition) is 3. The molecule has 3 aromatic carbocycles. The Morgan fingerprint density at radius 3 is 2.05 bits per heavy atom. The Morgan fingerprint density at radius 1 is 0.900 bits per heavy atom. The van der Waals surface area contributed by atoms with Crippen LogP contribution in [0, 0.1) is 12.8 Å². The van der Waals surface area contributed by atoms with Crippen LogP contribution in [-0.2, 0) is 30.8 Å². The molecule has 0 unspecified atom stereocenters. The van der Waals surface area contributed by atoms with Gasteiger partial charge in [-0.1, -0.05) is 78.4 Å². The fraction of sp³-hybridized carbons (Fsp3) is 0.300. The molecule has 1 heterocycles. The molecule has 10 heteroatoms. The van der Waals surface area contributed by atoms with Gasteiger partial charge >= 0.3 is 5.97 Å². The number of benzene rings is 3. The first-order valence-electron chi connectivity index (χ1n) is 13.1. The van der Waals surface area contributed by atoms with Crippen molar-refractivity contribution in [1.82, 2.24) is 14.9 Å². The van der Waals surface area contributed by atoms with E-state index in [1.807, 2.05) is 37.3 Å². The molecule has 1 saturated heterocycles. The number of carbonyl (C=O) groups excluding carboxylic acids is 2. The van der Waals surface area contributed by atoms with Crippen molar-refractivity contribution in [2.45, 2.75) is 43.2 Å². The summed E-state index contributed by atoms with van der Waals surface area (Å²) in [7, 11) is -3.97. The predicted molar refractivity (Wildman–Crippen MR) is 150 cm³/mol. The number of hydrogen-bond acceptors (Lipinski definition) is 5. The third-order valence-electron chi connectivity index (χ3n) is 7.05. The van der Waals surface area contributed by atoms with Crippen LogP contribution in [0.15, 0.2) is 89.8 Å². The van der Waals surface area contributed by atoms with Gasteiger partial charge in [-0.25, -0.2) is 13.2 Å². The number of likely N-dealkylation sites (tertiary alicyclic amines) is 1. The third kappa shape index (κ3) is 7.34. The molecule has 1 fully saturated rings. The number of carboxylic acid groups (broad SMARTS) is 1. The summed E-state index contributed by atoms with van der Waals surface area (Å²) in [6.07, 6.45) is 0.839. The van der Waals surface area contributed by atoms with Crippen LogP contribution in [-0.4, -0.2) is 55.3 Å². The standard InChI is InChI=1S/C30H33N3O6S/c1-21-12-14-25(15-13-21)40(38,39)32-26(20-22-8-4-2-5-9-22)29(35)33-18-16-24(17-19-33)28(34)31-27(30(36)37)23-10-6-3-7-11-23/h2-15,24,26-27,32H,16-20H2,1H3,(H,31,34)(H,36,37)/t26-,27-/m0/s1. The van der Waals surface area contributed by atoms with Gasteiger partial charge in [0.05, 0.1) is 4.90 Å². The van der Waals surface area contributed by atoms with Crippen molar-refractivity contribution >= 4 is 27.8 Å². The van der Waals surface area contributed by atoms with Gasteiger partial charge in [-0.2, -0.15) is 4.72 Å². The maximum atomic E-state index is 13.6. The average Bonchev–Trinajstić information content (AvgIpc) is 2.96. The van der Waals surface area contributed by atoms with Crippen LogP contribution in [0.3, 0.4) is 0 Å². The third-order valence-corrected chi connectivity index (χ3v) is 8.54. The van der Waals surface area contributed by atoms with Crippen LogP contribution in [0.25, 0.3) is 0 Å². The van der Waals surface area contributed by atoms with Crippen LogP contribution in [0.2, 0.25) is 0 Å². The SMILES string of the molecule is Cc1ccc(S(=O)(=O)N[C@@H](Cc2ccccc2)C(=O)N2CCC(C(=O)N[C@H](C(=O)O)c3ccccc3)CC2)cc1. The van der Waals surface area contributed by atoms with E-state index in [9.17, 15) is 27.9 Å². The number of amides is 2. The minimum absolute atomic E-state index is 0.0748. The van der Waals surface area contributed by atoms with Gasteiger partial charge in [-0.3, -0.25) is 9.59 Å². The second-order valence-corrected chi connectivity index (χ2v) is 11.7. The Bertz CT molecular complexity index is 1420. The first kappa shape index (κ1) is 29.0. The topological polar surface area (TPSA) is 133 Å². The largest absolute Gasteiger partial charge is 0.479 e. The van der Waals surface area contributed by atoms with Gasteiger partial charge in [0.2, 0.25) is 21.8 Å². The van der Waals surface area contributed by atoms with Crippen LogP contribution in [0.5, 0.6) is 0 Å². The molecule has 1 aliphatic heterocycles. The number of carboxylic acids is 1. The lowest BCUT2D eigenvalue weighted by atomic mass is 9.94. The quantitative estimate of drug-likeness (QED) is 0.347. The zero-order valence-electron chi connectivity index (χ0n) is 22.2. The van der Waals surface area contributed by atoms with Crippen LogP contribution in [0.1, 0.15) is 35.6 Å². The number of carbonyl (C=O) groups is 3. The molecule has 0 aromatic heterocycles. The highest BCUT2D eigenvalue weighted by Crippen LogP contribution is 2.22. The predicted octanol–water partition coefficient (Wildman–Crippen LogP) is 3.07. The number of rotatable bonds is 10. The maximum absolute atomic E-state index is 13.6. The molecule has 0 radical (unpaired) electrons. The van der Waals surface area contributed by atoms with Crippen molar-refractivity contribution in [3.05, 3.63) is 102 Å². The van der Waals surface area contributed by atoms with Gasteiger partial charge in [-0.05, 0) is 49.4 Å². The molecule has 2 atom stereocenters. The molecule has 2 amide bonds. The van der Waals surface area contributed by atoms with Crippen LogP contribution < -0.4 is 10.0 Å². The van der Waals surface area contributed by atoms with Crippen molar-refractivity contribution in [3.8, 4) is 0 Å². The average molecular weight is 564 g/mol. The highest BCUT2D eigenvalue weighted by molar-refractivity contribution is 7.89. The number of aryl methyl sites for hydroxylation is 1. The molecule has 4 rings (SSSR count). The van der Waals surface area contributed by atoms with Crippen LogP contribution >= 0.6 is 0 Å². The van der Waals surface area contributed by atoms with E-state index in [2.05, 4.69) is 10.0 Å². The molecular weight excluding hydrogens is 530 g/mol. The summed E-state index contributed by atoms with van der Waals surface area (Å²) in [5.74, 6) is -2.38. The highest BCUT2D eigenvalue weighted by Gasteiger charge is 2.34. The maximum Gasteiger partial charge on any atom is 0.330 e. The number of aliphatic carboxylic acids is 1. The second kappa shape index (κ2) is 12.9. The molecule has 210 valence electrons. The van der Waals surface area contributed by atoms with Gasteiger partial charge in [0, 0.05) is 19.0 Å². The molecule has 0 spiro atoms. The zero-order valence-corrected chi connectivity index (χ0v) is 23.0. The summed E-state index contributed by atoms with van der Waals surface area (Å²) in [6.45, 7) is 2.36. The molecule has 0 bridgehead atoms. The number of nitrogens with one attached hydrogen (secondary N) is 2. The monoisotopic (exact) mass is 563 g/mol. The van der Waals surface area contributed by atoms with E-state index in [1.165, 1.54) is 12.1 Å². The number of sulfonamides is 1. The zero-order chi connectivity index (χ0) is 28.7. The number of nitrogens with zero attached hydrogens (tertiary/aromatic N) is 1. The molecule has 1 aliphatic rings. The molecule has 3 N–H and O–H groups in total. The normalized spacial score (nSPS) is 15.7. The van der Waals surface area contributed by atoms with E-state index in [1.54, 1.807) is 47.4 Å². The van der Waals surface area contributed by atoms with Crippen LogP contribution in [0.4, 0.5) is 0 Å². The van der Waals surface area contributed by atoms with Crippen molar-refractivity contribution < 1.29 is 27.9 Å². The van der Waals surface area contributed by atoms with E-state index in [4.69, 9.17) is 0 Å². The molecular formula is C30H33N3O6S. The summed E-state index contributed by atoms with van der Waals surface area (Å²) in [4.78, 5) is 40.0. The fourth-order valence-electron chi connectivity index (χ4n) is 4.78. The first-order valence-corrected chi connectivity index (χ1v) is 14.6. The summed E-state index contributed by atoms with van der Waals surface area (Å²) in [5, 5.41) is 12.3. The van der Waals surface area contributed by atoms with E-state index < -0.39 is 34.0 Å². The Kier molecular flexibility index (Phi) is 9.34. The first-order chi connectivity index (χ1) is 19.1. The fourth-order valence-corrected chi connectivity index (χ4v) is 5.97. The Labute approximate surface area is 234 Å². The minimum Gasteiger partial charge on any atom is -0.479 e. The van der Waals surface area contributed by atoms with Crippen molar-refractivity contribution in [1.29, 1.82) is 0 Å². The van der Waals surface area contributed by atoms with E-state index >= 15 is 0 Å². The molecule has 9 nitrogen and oxygen atoms in total. The Balaban J connectivity index is 1.44. The second-order valence-electron chi connectivity index (χ2n) is 9.97. The van der Waals surface area contributed by atoms with Gasteiger partial charge in [0.1, 0.15) is 6.04 Å². The highest BCUT2D eigenvalue weighted by atomic mass is 32.2. The number of piperidine rings is 1. The Hall–Kier alpha value is -4.02. The molecule has 0 saturated carbocycles. The lowest BCUT2D eigenvalue weighted by molar-refractivity contribution is -0.143. The van der Waals surface area contributed by atoms with E-state index in [0.717, 1.165) is 11.1 Å². The molecule has 0 aliphatic carbocycles.